The maximum Gasteiger partial charge on any atom is 0.263 e. The minimum atomic E-state index is -0.253. The van der Waals surface area contributed by atoms with Crippen molar-refractivity contribution in [3.8, 4) is 16.9 Å². The third kappa shape index (κ3) is 3.39. The van der Waals surface area contributed by atoms with Crippen molar-refractivity contribution in [2.45, 2.75) is 0 Å². The minimum Gasteiger partial charge on any atom is -0.496 e. The Kier molecular flexibility index (Phi) is 5.33. The van der Waals surface area contributed by atoms with Crippen LogP contribution < -0.4 is 15.6 Å². The van der Waals surface area contributed by atoms with Crippen molar-refractivity contribution in [1.82, 2.24) is 9.72 Å². The Morgan fingerprint density at radius 3 is 2.76 bits per heavy atom. The first-order valence-electron chi connectivity index (χ1n) is 9.12. The molecular weight excluding hydrogens is 388 g/mol. The molecule has 0 unspecified atom stereocenters. The van der Waals surface area contributed by atoms with Crippen molar-refractivity contribution in [2.75, 3.05) is 27.4 Å². The van der Waals surface area contributed by atoms with Crippen LogP contribution in [0, 0.1) is 0 Å². The summed E-state index contributed by atoms with van der Waals surface area (Å²) in [6, 6.07) is 12.8. The van der Waals surface area contributed by atoms with E-state index < -0.39 is 0 Å². The molecule has 148 valence electrons. The van der Waals surface area contributed by atoms with Crippen molar-refractivity contribution in [2.24, 2.45) is 0 Å². The van der Waals surface area contributed by atoms with E-state index >= 15 is 0 Å². The van der Waals surface area contributed by atoms with E-state index in [-0.39, 0.29) is 11.5 Å². The van der Waals surface area contributed by atoms with Crippen molar-refractivity contribution < 1.29 is 14.3 Å². The van der Waals surface area contributed by atoms with Gasteiger partial charge in [-0.25, -0.2) is 0 Å². The molecule has 3 aromatic heterocycles. The minimum absolute atomic E-state index is 0.201. The zero-order valence-electron chi connectivity index (χ0n) is 16.1. The van der Waals surface area contributed by atoms with Crippen molar-refractivity contribution in [3.05, 3.63) is 70.0 Å². The molecule has 0 spiro atoms. The Labute approximate surface area is 171 Å². The van der Waals surface area contributed by atoms with Crippen molar-refractivity contribution in [3.63, 3.8) is 0 Å². The fourth-order valence-corrected chi connectivity index (χ4v) is 4.35. The van der Waals surface area contributed by atoms with Gasteiger partial charge in [-0.2, -0.15) is 0 Å². The van der Waals surface area contributed by atoms with E-state index in [1.807, 2.05) is 35.7 Å². The van der Waals surface area contributed by atoms with E-state index in [1.54, 1.807) is 36.9 Å². The summed E-state index contributed by atoms with van der Waals surface area (Å²) < 4.78 is 12.9. The average Bonchev–Trinajstić information content (AvgIpc) is 3.23. The molecule has 1 N–H and O–H groups in total. The lowest BCUT2D eigenvalue weighted by atomic mass is 10.0. The number of methoxy groups -OCH3 is 2. The van der Waals surface area contributed by atoms with Crippen LogP contribution in [0.4, 0.5) is 0 Å². The standard InChI is InChI=1S/C22H20N2O4S/c1-27-11-9-23-21(25)17-13-16(15-5-3-4-6-18(15)28-2)22(26)24-10-7-14-8-12-29-20(14)19(17)24/h3-8,10,12-13H,9,11H2,1-2H3,(H,23,25). The molecule has 4 aromatic rings. The van der Waals surface area contributed by atoms with E-state index in [1.165, 1.54) is 11.3 Å². The third-order valence-electron chi connectivity index (χ3n) is 4.78. The number of rotatable bonds is 6. The maximum atomic E-state index is 13.4. The van der Waals surface area contributed by atoms with Crippen LogP contribution in [0.25, 0.3) is 26.7 Å². The van der Waals surface area contributed by atoms with Crippen LogP contribution in [0.5, 0.6) is 5.75 Å². The van der Waals surface area contributed by atoms with Crippen LogP contribution in [-0.4, -0.2) is 37.7 Å². The highest BCUT2D eigenvalue weighted by Gasteiger charge is 2.20. The molecule has 0 saturated carbocycles. The van der Waals surface area contributed by atoms with Crippen LogP contribution in [-0.2, 0) is 4.74 Å². The molecule has 7 heteroatoms. The highest BCUT2D eigenvalue weighted by atomic mass is 32.1. The number of hydrogen-bond donors (Lipinski definition) is 1. The van der Waals surface area contributed by atoms with Crippen LogP contribution in [0.2, 0.25) is 0 Å². The maximum absolute atomic E-state index is 13.4. The SMILES string of the molecule is COCCNC(=O)c1cc(-c2ccccc2OC)c(=O)n2ccc3ccsc3c12. The second-order valence-corrected chi connectivity index (χ2v) is 7.38. The number of nitrogens with one attached hydrogen (secondary N) is 1. The summed E-state index contributed by atoms with van der Waals surface area (Å²) in [4.78, 5) is 26.4. The van der Waals surface area contributed by atoms with E-state index in [9.17, 15) is 9.59 Å². The predicted octanol–water partition coefficient (Wildman–Crippen LogP) is 3.57. The number of amides is 1. The summed E-state index contributed by atoms with van der Waals surface area (Å²) in [6.45, 7) is 0.787. The van der Waals surface area contributed by atoms with Gasteiger partial charge >= 0.3 is 0 Å². The summed E-state index contributed by atoms with van der Waals surface area (Å²) in [5.41, 5.74) is 1.90. The lowest BCUT2D eigenvalue weighted by molar-refractivity contribution is 0.0938. The first kappa shape index (κ1) is 19.2. The van der Waals surface area contributed by atoms with Gasteiger partial charge in [0.1, 0.15) is 5.75 Å². The Hall–Kier alpha value is -3.16. The van der Waals surface area contributed by atoms with Gasteiger partial charge < -0.3 is 14.8 Å². The topological polar surface area (TPSA) is 69.0 Å². The smallest absolute Gasteiger partial charge is 0.263 e. The third-order valence-corrected chi connectivity index (χ3v) is 5.72. The molecule has 0 aliphatic carbocycles. The number of hydrogen-bond acceptors (Lipinski definition) is 5. The number of para-hydroxylation sites is 1. The highest BCUT2D eigenvalue weighted by Crippen LogP contribution is 2.32. The molecule has 1 amide bonds. The van der Waals surface area contributed by atoms with E-state index in [4.69, 9.17) is 9.47 Å². The van der Waals surface area contributed by atoms with Crippen molar-refractivity contribution >= 4 is 32.8 Å². The molecule has 0 atom stereocenters. The summed E-state index contributed by atoms with van der Waals surface area (Å²) in [5.74, 6) is 0.323. The number of carbonyl (C=O) groups excluding carboxylic acids is 1. The first-order valence-corrected chi connectivity index (χ1v) is 9.99. The lowest BCUT2D eigenvalue weighted by Crippen LogP contribution is -2.29. The molecule has 0 saturated heterocycles. The summed E-state index contributed by atoms with van der Waals surface area (Å²) in [5, 5.41) is 5.82. The number of pyridine rings is 2. The van der Waals surface area contributed by atoms with Crippen LogP contribution in [0.3, 0.4) is 0 Å². The molecule has 0 fully saturated rings. The van der Waals surface area contributed by atoms with Gasteiger partial charge in [-0.15, -0.1) is 11.3 Å². The Morgan fingerprint density at radius 1 is 1.14 bits per heavy atom. The molecule has 0 aliphatic heterocycles. The number of thiophene rings is 1. The molecule has 6 nitrogen and oxygen atoms in total. The molecule has 3 heterocycles. The Bertz CT molecular complexity index is 1260. The van der Waals surface area contributed by atoms with Gasteiger partial charge in [-0.1, -0.05) is 18.2 Å². The monoisotopic (exact) mass is 408 g/mol. The normalized spacial score (nSPS) is 11.1. The molecule has 0 aliphatic rings. The quantitative estimate of drug-likeness (QED) is 0.495. The lowest BCUT2D eigenvalue weighted by Gasteiger charge is -2.14. The number of fused-ring (bicyclic) bond motifs is 3. The number of nitrogens with zero attached hydrogens (tertiary/aromatic N) is 1. The molecule has 0 bridgehead atoms. The Balaban J connectivity index is 2.02. The van der Waals surface area contributed by atoms with E-state index in [0.717, 1.165) is 10.1 Å². The van der Waals surface area contributed by atoms with E-state index in [2.05, 4.69) is 5.32 Å². The highest BCUT2D eigenvalue weighted by molar-refractivity contribution is 7.18. The first-order chi connectivity index (χ1) is 14.2. The summed E-state index contributed by atoms with van der Waals surface area (Å²) in [6.07, 6.45) is 1.72. The van der Waals surface area contributed by atoms with Gasteiger partial charge in [0.15, 0.2) is 0 Å². The van der Waals surface area contributed by atoms with Gasteiger partial charge in [0.2, 0.25) is 0 Å². The summed E-state index contributed by atoms with van der Waals surface area (Å²) >= 11 is 1.51. The Morgan fingerprint density at radius 2 is 1.97 bits per heavy atom. The number of ether oxygens (including phenoxy) is 2. The van der Waals surface area contributed by atoms with Crippen LogP contribution >= 0.6 is 11.3 Å². The second kappa shape index (κ2) is 8.06. The molecule has 29 heavy (non-hydrogen) atoms. The average molecular weight is 408 g/mol. The van der Waals surface area contributed by atoms with Gasteiger partial charge in [-0.3, -0.25) is 14.0 Å². The van der Waals surface area contributed by atoms with Gasteiger partial charge in [-0.05, 0) is 35.0 Å². The van der Waals surface area contributed by atoms with Crippen molar-refractivity contribution in [1.29, 1.82) is 0 Å². The zero-order chi connectivity index (χ0) is 20.4. The van der Waals surface area contributed by atoms with Gasteiger partial charge in [0.05, 0.1) is 35.1 Å². The number of aromatic nitrogens is 1. The predicted molar refractivity (Wildman–Crippen MR) is 115 cm³/mol. The fourth-order valence-electron chi connectivity index (χ4n) is 3.40. The summed E-state index contributed by atoms with van der Waals surface area (Å²) in [7, 11) is 3.14. The molecule has 0 radical (unpaired) electrons. The molecular formula is C22H20N2O4S. The van der Waals surface area contributed by atoms with E-state index in [0.29, 0.717) is 41.1 Å². The zero-order valence-corrected chi connectivity index (χ0v) is 16.9. The second-order valence-electron chi connectivity index (χ2n) is 6.47. The largest absolute Gasteiger partial charge is 0.496 e. The van der Waals surface area contributed by atoms with Crippen LogP contribution in [0.1, 0.15) is 10.4 Å². The molecule has 1 aromatic carbocycles. The molecule has 4 rings (SSSR count). The van der Waals surface area contributed by atoms with Gasteiger partial charge in [0.25, 0.3) is 11.5 Å². The number of benzene rings is 1. The number of carbonyl (C=O) groups is 1. The van der Waals surface area contributed by atoms with Crippen LogP contribution in [0.15, 0.2) is 58.8 Å². The fraction of sp³-hybridized carbons (Fsp3) is 0.182. The van der Waals surface area contributed by atoms with Gasteiger partial charge in [0, 0.05) is 25.4 Å².